The van der Waals surface area contributed by atoms with E-state index in [0.29, 0.717) is 0 Å². The zero-order valence-electron chi connectivity index (χ0n) is 16.3. The number of cyclic esters (lactones) is 1. The molecule has 2 saturated heterocycles. The molecular weight excluding hydrogens is 358 g/mol. The first-order chi connectivity index (χ1) is 11.8. The third kappa shape index (κ3) is 4.10. The van der Waals surface area contributed by atoms with Crippen molar-refractivity contribution in [3.63, 3.8) is 0 Å². The van der Waals surface area contributed by atoms with Crippen molar-refractivity contribution < 1.29 is 28.2 Å². The van der Waals surface area contributed by atoms with Gasteiger partial charge in [-0.2, -0.15) is 0 Å². The third-order valence-electron chi connectivity index (χ3n) is 5.13. The lowest BCUT2D eigenvalue weighted by molar-refractivity contribution is -0.177. The highest BCUT2D eigenvalue weighted by Crippen LogP contribution is 2.39. The summed E-state index contributed by atoms with van der Waals surface area (Å²) >= 11 is 0. The van der Waals surface area contributed by atoms with Crippen LogP contribution in [-0.2, 0) is 28.2 Å². The van der Waals surface area contributed by atoms with Gasteiger partial charge in [0.2, 0.25) is 0 Å². The Morgan fingerprint density at radius 3 is 2.42 bits per heavy atom. The molecule has 10 heteroatoms. The van der Waals surface area contributed by atoms with Gasteiger partial charge in [0.1, 0.15) is 12.2 Å². The number of nitrogens with zero attached hydrogens (tertiary/aromatic N) is 3. The number of hydrogen-bond acceptors (Lipinski definition) is 7. The number of rotatable bonds is 5. The molecule has 0 aromatic carbocycles. The molecule has 0 aromatic heterocycles. The van der Waals surface area contributed by atoms with Crippen LogP contribution in [0.25, 0.3) is 10.4 Å². The molecule has 2 fully saturated rings. The number of ketones is 1. The Bertz CT molecular complexity index is 638. The molecule has 0 N–H and O–H groups in total. The number of esters is 1. The Morgan fingerprint density at radius 2 is 1.88 bits per heavy atom. The van der Waals surface area contributed by atoms with Gasteiger partial charge >= 0.3 is 5.97 Å². The van der Waals surface area contributed by atoms with Gasteiger partial charge in [-0.1, -0.05) is 25.9 Å². The molecule has 26 heavy (non-hydrogen) atoms. The van der Waals surface area contributed by atoms with Crippen LogP contribution in [0.5, 0.6) is 0 Å². The lowest BCUT2D eigenvalue weighted by Gasteiger charge is -2.37. The number of ether oxygens (including phenoxy) is 3. The molecule has 2 aliphatic heterocycles. The van der Waals surface area contributed by atoms with Crippen LogP contribution in [0.2, 0.25) is 18.1 Å². The highest BCUT2D eigenvalue weighted by Gasteiger charge is 2.57. The fourth-order valence-electron chi connectivity index (χ4n) is 2.66. The Hall–Kier alpha value is -1.45. The molecule has 0 aromatic rings. The van der Waals surface area contributed by atoms with Gasteiger partial charge in [0.05, 0.1) is 6.61 Å². The van der Waals surface area contributed by atoms with E-state index in [9.17, 15) is 9.59 Å². The molecule has 2 heterocycles. The van der Waals surface area contributed by atoms with Gasteiger partial charge in [-0.25, -0.2) is 0 Å². The van der Waals surface area contributed by atoms with E-state index in [-0.39, 0.29) is 17.4 Å². The molecule has 146 valence electrons. The molecule has 9 nitrogen and oxygen atoms in total. The predicted octanol–water partition coefficient (Wildman–Crippen LogP) is 2.70. The summed E-state index contributed by atoms with van der Waals surface area (Å²) in [5, 5.41) is 3.39. The maximum atomic E-state index is 12.7. The minimum absolute atomic E-state index is 0.0549. The summed E-state index contributed by atoms with van der Waals surface area (Å²) in [4.78, 5) is 27.6. The average molecular weight is 385 g/mol. The van der Waals surface area contributed by atoms with Crippen LogP contribution in [0.3, 0.4) is 0 Å². The van der Waals surface area contributed by atoms with E-state index in [1.54, 1.807) is 13.8 Å². The molecule has 0 unspecified atom stereocenters. The van der Waals surface area contributed by atoms with E-state index in [2.05, 4.69) is 30.8 Å². The van der Waals surface area contributed by atoms with Gasteiger partial charge in [0.25, 0.3) is 0 Å². The summed E-state index contributed by atoms with van der Waals surface area (Å²) in [6, 6.07) is -1.18. The smallest absolute Gasteiger partial charge is 0.318 e. The maximum Gasteiger partial charge on any atom is 0.318 e. The van der Waals surface area contributed by atoms with Gasteiger partial charge in [-0.3, -0.25) is 9.59 Å². The van der Waals surface area contributed by atoms with E-state index >= 15 is 0 Å². The van der Waals surface area contributed by atoms with E-state index in [4.69, 9.17) is 24.2 Å². The van der Waals surface area contributed by atoms with Crippen molar-refractivity contribution in [2.45, 2.75) is 82.9 Å². The summed E-state index contributed by atoms with van der Waals surface area (Å²) in [5.41, 5.74) is 8.68. The molecule has 0 spiro atoms. The number of carbonyl (C=O) groups excluding carboxylic acids is 2. The fourth-order valence-corrected chi connectivity index (χ4v) is 3.60. The molecular formula is C16H27N3O6Si. The lowest BCUT2D eigenvalue weighted by atomic mass is 9.96. The molecule has 0 saturated carbocycles. The van der Waals surface area contributed by atoms with Crippen molar-refractivity contribution in [2.75, 3.05) is 6.61 Å². The maximum absolute atomic E-state index is 12.7. The minimum Gasteiger partial charge on any atom is -0.451 e. The minimum atomic E-state index is -2.14. The standard InChI is InChI=1S/C16H27N3O6Si/c1-15(2,3)26(6,7)22-8-9(20)11-13-12(24-16(4,5)25-13)10(18-19-17)14(21)23-11/h10-13H,8H2,1-7H3/t10-,11+,12+,13-/m0/s1. The van der Waals surface area contributed by atoms with Crippen molar-refractivity contribution in [1.29, 1.82) is 0 Å². The normalized spacial score (nSPS) is 31.0. The number of hydrogen-bond donors (Lipinski definition) is 0. The second-order valence-electron chi connectivity index (χ2n) is 8.59. The number of Topliss-reactive ketones (excluding diaryl/α,β-unsaturated/α-hetero) is 1. The first kappa shape index (κ1) is 20.9. The summed E-state index contributed by atoms with van der Waals surface area (Å²) in [5.74, 6) is -2.21. The van der Waals surface area contributed by atoms with E-state index in [1.165, 1.54) is 0 Å². The first-order valence-electron chi connectivity index (χ1n) is 8.56. The van der Waals surface area contributed by atoms with E-state index in [0.717, 1.165) is 0 Å². The molecule has 4 atom stereocenters. The van der Waals surface area contributed by atoms with Crippen molar-refractivity contribution in [1.82, 2.24) is 0 Å². The Morgan fingerprint density at radius 1 is 1.31 bits per heavy atom. The van der Waals surface area contributed by atoms with Gasteiger partial charge in [0, 0.05) is 4.91 Å². The monoisotopic (exact) mass is 385 g/mol. The van der Waals surface area contributed by atoms with Crippen LogP contribution in [0.1, 0.15) is 34.6 Å². The number of fused-ring (bicyclic) bond motifs is 1. The van der Waals surface area contributed by atoms with Crippen LogP contribution in [0.4, 0.5) is 0 Å². The van der Waals surface area contributed by atoms with Crippen molar-refractivity contribution in [2.24, 2.45) is 5.11 Å². The zero-order valence-corrected chi connectivity index (χ0v) is 17.3. The summed E-state index contributed by atoms with van der Waals surface area (Å²) in [6.45, 7) is 13.4. The molecule has 2 aliphatic rings. The van der Waals surface area contributed by atoms with Crippen LogP contribution >= 0.6 is 0 Å². The molecule has 0 bridgehead atoms. The van der Waals surface area contributed by atoms with Crippen LogP contribution < -0.4 is 0 Å². The SMILES string of the molecule is CC1(C)O[C@@H]2[C@H](O1)[C@H](N=[N+]=[N-])C(=O)O[C@@H]2C(=O)CO[Si](C)(C)C(C)(C)C. The molecule has 2 rings (SSSR count). The highest BCUT2D eigenvalue weighted by molar-refractivity contribution is 6.74. The van der Waals surface area contributed by atoms with Crippen LogP contribution in [0, 0.1) is 0 Å². The predicted molar refractivity (Wildman–Crippen MR) is 94.8 cm³/mol. The summed E-state index contributed by atoms with van der Waals surface area (Å²) in [6.07, 6.45) is -2.86. The lowest BCUT2D eigenvalue weighted by Crippen LogP contribution is -2.57. The fraction of sp³-hybridized carbons (Fsp3) is 0.875. The van der Waals surface area contributed by atoms with E-state index < -0.39 is 44.4 Å². The molecule has 0 aliphatic carbocycles. The van der Waals surface area contributed by atoms with Crippen LogP contribution in [-0.4, -0.2) is 56.8 Å². The molecule has 0 radical (unpaired) electrons. The number of azide groups is 1. The highest BCUT2D eigenvalue weighted by atomic mass is 28.4. The Balaban J connectivity index is 2.17. The average Bonchev–Trinajstić information content (AvgIpc) is 2.81. The largest absolute Gasteiger partial charge is 0.451 e. The Labute approximate surface area is 154 Å². The number of carbonyl (C=O) groups is 2. The van der Waals surface area contributed by atoms with Gasteiger partial charge < -0.3 is 18.6 Å². The van der Waals surface area contributed by atoms with Crippen LogP contribution in [0.15, 0.2) is 5.11 Å². The van der Waals surface area contributed by atoms with Gasteiger partial charge in [-0.05, 0) is 37.5 Å². The first-order valence-corrected chi connectivity index (χ1v) is 11.5. The Kier molecular flexibility index (Phi) is 5.56. The van der Waals surface area contributed by atoms with E-state index in [1.807, 2.05) is 13.1 Å². The topological polar surface area (TPSA) is 120 Å². The third-order valence-corrected chi connectivity index (χ3v) is 9.61. The van der Waals surface area contributed by atoms with Gasteiger partial charge in [-0.15, -0.1) is 0 Å². The van der Waals surface area contributed by atoms with Gasteiger partial charge in [0.15, 0.2) is 32.0 Å². The summed E-state index contributed by atoms with van der Waals surface area (Å²) in [7, 11) is -2.14. The molecule has 0 amide bonds. The second-order valence-corrected chi connectivity index (χ2v) is 13.4. The zero-order chi connectivity index (χ0) is 19.9. The van der Waals surface area contributed by atoms with Crippen molar-refractivity contribution >= 4 is 20.1 Å². The summed E-state index contributed by atoms with van der Waals surface area (Å²) < 4.78 is 22.6. The van der Waals surface area contributed by atoms with Crippen molar-refractivity contribution in [3.8, 4) is 0 Å². The second kappa shape index (κ2) is 6.93. The van der Waals surface area contributed by atoms with Crippen molar-refractivity contribution in [3.05, 3.63) is 10.4 Å². The quantitative estimate of drug-likeness (QED) is 0.236.